The molecule has 3 heteroatoms. The van der Waals surface area contributed by atoms with Gasteiger partial charge in [-0.3, -0.25) is 0 Å². The first kappa shape index (κ1) is 27.9. The fourth-order valence-corrected chi connectivity index (χ4v) is 4.17. The maximum Gasteiger partial charge on any atom is 0.170 e. The minimum absolute atomic E-state index is 0.202. The zero-order valence-electron chi connectivity index (χ0n) is 20.1. The first-order valence-electron chi connectivity index (χ1n) is 12.2. The summed E-state index contributed by atoms with van der Waals surface area (Å²) >= 11 is 0. The highest BCUT2D eigenvalue weighted by molar-refractivity contribution is 6.48. The second-order valence-electron chi connectivity index (χ2n) is 9.75. The summed E-state index contributed by atoms with van der Waals surface area (Å²) in [6.45, 7) is 16.9. The van der Waals surface area contributed by atoms with Crippen molar-refractivity contribution in [2.24, 2.45) is 5.41 Å². The van der Waals surface area contributed by atoms with Gasteiger partial charge in [0.1, 0.15) is 0 Å². The quantitative estimate of drug-likeness (QED) is 0.114. The van der Waals surface area contributed by atoms with Crippen molar-refractivity contribution in [1.82, 2.24) is 0 Å². The Balaban J connectivity index is 3.47. The van der Waals surface area contributed by atoms with Crippen LogP contribution >= 0.6 is 0 Å². The van der Waals surface area contributed by atoms with E-state index in [2.05, 4.69) is 40.4 Å². The average molecular weight is 413 g/mol. The largest absolute Gasteiger partial charge is 0.420 e. The Bertz CT molecular complexity index is 336. The van der Waals surface area contributed by atoms with Crippen LogP contribution < -0.4 is 0 Å². The number of hydrogen-bond donors (Lipinski definition) is 0. The second kappa shape index (κ2) is 18.9. The molecule has 2 nitrogen and oxygen atoms in total. The van der Waals surface area contributed by atoms with Gasteiger partial charge in [-0.1, -0.05) is 91.1 Å². The highest BCUT2D eigenvalue weighted by Gasteiger charge is 2.25. The molecule has 0 fully saturated rings. The van der Waals surface area contributed by atoms with Gasteiger partial charge < -0.3 is 9.16 Å². The number of hydrogen-bond acceptors (Lipinski definition) is 2. The molecule has 0 aliphatic heterocycles. The van der Waals surface area contributed by atoms with Crippen molar-refractivity contribution < 1.29 is 9.16 Å². The molecule has 0 bridgehead atoms. The lowest BCUT2D eigenvalue weighted by Gasteiger charge is -2.31. The van der Waals surface area contributed by atoms with Crippen molar-refractivity contribution in [3.8, 4) is 0 Å². The molecule has 0 aliphatic rings. The molecule has 0 aromatic rings. The third-order valence-electron chi connectivity index (χ3n) is 5.42. The van der Waals surface area contributed by atoms with Crippen LogP contribution in [0.15, 0.2) is 12.7 Å². The van der Waals surface area contributed by atoms with E-state index >= 15 is 0 Å². The van der Waals surface area contributed by atoms with Crippen molar-refractivity contribution in [2.75, 3.05) is 13.2 Å². The Morgan fingerprint density at radius 2 is 1.21 bits per heavy atom. The van der Waals surface area contributed by atoms with E-state index in [-0.39, 0.29) is 5.41 Å². The molecule has 0 rings (SSSR count). The predicted molar refractivity (Wildman–Crippen MR) is 129 cm³/mol. The van der Waals surface area contributed by atoms with Gasteiger partial charge in [0.2, 0.25) is 0 Å². The van der Waals surface area contributed by atoms with E-state index < -0.39 is 9.04 Å². The van der Waals surface area contributed by atoms with Crippen LogP contribution in [0.25, 0.3) is 0 Å². The number of rotatable bonds is 20. The van der Waals surface area contributed by atoms with E-state index in [1.54, 1.807) is 0 Å². The summed E-state index contributed by atoms with van der Waals surface area (Å²) in [6.07, 6.45) is 21.1. The van der Waals surface area contributed by atoms with E-state index in [1.807, 2.05) is 6.08 Å². The molecule has 168 valence electrons. The smallest absolute Gasteiger partial charge is 0.170 e. The fraction of sp³-hybridized carbons (Fsp3) is 0.920. The van der Waals surface area contributed by atoms with E-state index in [0.717, 1.165) is 19.6 Å². The van der Waals surface area contributed by atoms with Crippen molar-refractivity contribution in [3.05, 3.63) is 12.7 Å². The first-order chi connectivity index (χ1) is 13.4. The minimum atomic E-state index is -0.908. The molecular formula is C25H52O2Si. The van der Waals surface area contributed by atoms with E-state index in [1.165, 1.54) is 83.5 Å². The SMILES string of the molecule is C=CCCCCCCCCCCCCCCOC(CCO[SiH](C)C)C(C)(C)C. The molecule has 28 heavy (non-hydrogen) atoms. The lowest BCUT2D eigenvalue weighted by atomic mass is 9.87. The third-order valence-corrected chi connectivity index (χ3v) is 6.32. The molecule has 0 heterocycles. The summed E-state index contributed by atoms with van der Waals surface area (Å²) in [6, 6.07) is 0. The Labute approximate surface area is 179 Å². The molecule has 0 aromatic heterocycles. The van der Waals surface area contributed by atoms with E-state index in [4.69, 9.17) is 9.16 Å². The summed E-state index contributed by atoms with van der Waals surface area (Å²) in [5, 5.41) is 0. The van der Waals surface area contributed by atoms with Crippen LogP contribution in [0.5, 0.6) is 0 Å². The van der Waals surface area contributed by atoms with Gasteiger partial charge in [0, 0.05) is 13.2 Å². The molecule has 0 N–H and O–H groups in total. The molecule has 1 atom stereocenters. The van der Waals surface area contributed by atoms with Crippen LogP contribution in [-0.4, -0.2) is 28.4 Å². The summed E-state index contributed by atoms with van der Waals surface area (Å²) in [5.41, 5.74) is 0.202. The Morgan fingerprint density at radius 1 is 0.750 bits per heavy atom. The summed E-state index contributed by atoms with van der Waals surface area (Å²) in [5.74, 6) is 0. The predicted octanol–water partition coefficient (Wildman–Crippen LogP) is 8.07. The summed E-state index contributed by atoms with van der Waals surface area (Å²) < 4.78 is 12.1. The monoisotopic (exact) mass is 412 g/mol. The van der Waals surface area contributed by atoms with Gasteiger partial charge in [-0.2, -0.15) is 0 Å². The molecule has 0 saturated carbocycles. The standard InChI is InChI=1S/C25H52O2Si/c1-7-8-9-10-11-12-13-14-15-16-17-18-19-20-22-26-24(25(2,3)4)21-23-27-28(5)6/h7,24,28H,1,8-23H2,2-6H3. The minimum Gasteiger partial charge on any atom is -0.420 e. The molecular weight excluding hydrogens is 360 g/mol. The maximum absolute atomic E-state index is 6.23. The number of ether oxygens (including phenoxy) is 1. The fourth-order valence-electron chi connectivity index (χ4n) is 3.56. The molecule has 0 saturated heterocycles. The van der Waals surface area contributed by atoms with Crippen LogP contribution in [0.3, 0.4) is 0 Å². The highest BCUT2D eigenvalue weighted by atomic mass is 28.3. The first-order valence-corrected chi connectivity index (χ1v) is 15.0. The average Bonchev–Trinajstić information content (AvgIpc) is 2.62. The summed E-state index contributed by atoms with van der Waals surface area (Å²) in [7, 11) is -0.908. The molecule has 1 unspecified atom stereocenters. The van der Waals surface area contributed by atoms with Crippen LogP contribution in [0.4, 0.5) is 0 Å². The van der Waals surface area contributed by atoms with Crippen LogP contribution in [0.2, 0.25) is 13.1 Å². The van der Waals surface area contributed by atoms with Crippen LogP contribution in [-0.2, 0) is 9.16 Å². The van der Waals surface area contributed by atoms with E-state index in [0.29, 0.717) is 6.10 Å². The molecule has 0 spiro atoms. The second-order valence-corrected chi connectivity index (χ2v) is 12.2. The highest BCUT2D eigenvalue weighted by Crippen LogP contribution is 2.25. The van der Waals surface area contributed by atoms with Crippen LogP contribution in [0.1, 0.15) is 111 Å². The zero-order chi connectivity index (χ0) is 21.1. The Hall–Kier alpha value is -0.123. The van der Waals surface area contributed by atoms with Gasteiger partial charge in [-0.25, -0.2) is 0 Å². The molecule has 0 amide bonds. The molecule has 0 aromatic carbocycles. The van der Waals surface area contributed by atoms with Crippen molar-refractivity contribution >= 4 is 9.04 Å². The van der Waals surface area contributed by atoms with Crippen LogP contribution in [0, 0.1) is 5.41 Å². The Kier molecular flexibility index (Phi) is 18.8. The normalized spacial score (nSPS) is 13.2. The van der Waals surface area contributed by atoms with Crippen molar-refractivity contribution in [1.29, 1.82) is 0 Å². The van der Waals surface area contributed by atoms with Gasteiger partial charge in [0.15, 0.2) is 9.04 Å². The third kappa shape index (κ3) is 19.2. The lowest BCUT2D eigenvalue weighted by Crippen LogP contribution is -2.31. The topological polar surface area (TPSA) is 18.5 Å². The van der Waals surface area contributed by atoms with Gasteiger partial charge in [0.05, 0.1) is 6.10 Å². The van der Waals surface area contributed by atoms with Crippen molar-refractivity contribution in [3.63, 3.8) is 0 Å². The number of allylic oxidation sites excluding steroid dienone is 1. The van der Waals surface area contributed by atoms with E-state index in [9.17, 15) is 0 Å². The maximum atomic E-state index is 6.23. The lowest BCUT2D eigenvalue weighted by molar-refractivity contribution is -0.0307. The van der Waals surface area contributed by atoms with Gasteiger partial charge in [-0.15, -0.1) is 6.58 Å². The summed E-state index contributed by atoms with van der Waals surface area (Å²) in [4.78, 5) is 0. The van der Waals surface area contributed by atoms with Gasteiger partial charge in [-0.05, 0) is 44.2 Å². The molecule has 0 radical (unpaired) electrons. The number of unbranched alkanes of at least 4 members (excludes halogenated alkanes) is 12. The van der Waals surface area contributed by atoms with Gasteiger partial charge >= 0.3 is 0 Å². The Morgan fingerprint density at radius 3 is 1.64 bits per heavy atom. The van der Waals surface area contributed by atoms with Gasteiger partial charge in [0.25, 0.3) is 0 Å². The van der Waals surface area contributed by atoms with Crippen molar-refractivity contribution in [2.45, 2.75) is 130 Å². The zero-order valence-corrected chi connectivity index (χ0v) is 21.2. The molecule has 0 aliphatic carbocycles.